The Labute approximate surface area is 104 Å². The van der Waals surface area contributed by atoms with E-state index in [0.717, 1.165) is 38.5 Å². The second-order valence-electron chi connectivity index (χ2n) is 5.15. The van der Waals surface area contributed by atoms with Crippen LogP contribution in [0.5, 0.6) is 0 Å². The molecule has 1 heterocycles. The summed E-state index contributed by atoms with van der Waals surface area (Å²) in [6, 6.07) is -0.0273. The van der Waals surface area contributed by atoms with Crippen molar-refractivity contribution in [1.82, 2.24) is 8.61 Å². The molecule has 1 saturated carbocycles. The Kier molecular flexibility index (Phi) is 4.07. The first-order chi connectivity index (χ1) is 8.03. The molecule has 0 aromatic rings. The maximum atomic E-state index is 12.4. The molecular formula is C11H23N3O2S. The van der Waals surface area contributed by atoms with Crippen molar-refractivity contribution in [3.8, 4) is 0 Å². The van der Waals surface area contributed by atoms with Gasteiger partial charge in [0, 0.05) is 32.2 Å². The van der Waals surface area contributed by atoms with Crippen LogP contribution in [-0.4, -0.2) is 49.2 Å². The zero-order valence-electron chi connectivity index (χ0n) is 10.5. The molecule has 1 saturated heterocycles. The Morgan fingerprint density at radius 1 is 1.12 bits per heavy atom. The zero-order chi connectivity index (χ0) is 12.5. The Morgan fingerprint density at radius 3 is 2.29 bits per heavy atom. The van der Waals surface area contributed by atoms with Crippen molar-refractivity contribution in [1.29, 1.82) is 0 Å². The highest BCUT2D eigenvalue weighted by atomic mass is 32.2. The molecule has 5 nitrogen and oxygen atoms in total. The largest absolute Gasteiger partial charge is 0.326 e. The average Bonchev–Trinajstić information content (AvgIpc) is 2.83. The van der Waals surface area contributed by atoms with Crippen molar-refractivity contribution in [3.05, 3.63) is 0 Å². The first-order valence-electron chi connectivity index (χ1n) is 6.52. The van der Waals surface area contributed by atoms with E-state index in [1.165, 1.54) is 4.31 Å². The molecule has 2 unspecified atom stereocenters. The summed E-state index contributed by atoms with van der Waals surface area (Å²) in [6.07, 6.45) is 5.98. The lowest BCUT2D eigenvalue weighted by Gasteiger charge is -2.36. The summed E-state index contributed by atoms with van der Waals surface area (Å²) in [5.74, 6) is 0. The van der Waals surface area contributed by atoms with Crippen LogP contribution < -0.4 is 5.73 Å². The molecule has 0 radical (unpaired) electrons. The molecule has 100 valence electrons. The molecule has 1 aliphatic carbocycles. The summed E-state index contributed by atoms with van der Waals surface area (Å²) in [5.41, 5.74) is 6.05. The van der Waals surface area contributed by atoms with Gasteiger partial charge in [0.15, 0.2) is 0 Å². The molecule has 2 rings (SSSR count). The predicted molar refractivity (Wildman–Crippen MR) is 67.7 cm³/mol. The second kappa shape index (κ2) is 5.22. The Bertz CT molecular complexity index is 352. The van der Waals surface area contributed by atoms with Crippen LogP contribution in [0.15, 0.2) is 0 Å². The van der Waals surface area contributed by atoms with Gasteiger partial charge in [0.25, 0.3) is 10.2 Å². The van der Waals surface area contributed by atoms with Crippen molar-refractivity contribution in [3.63, 3.8) is 0 Å². The van der Waals surface area contributed by atoms with Crippen molar-refractivity contribution in [2.24, 2.45) is 5.73 Å². The minimum atomic E-state index is -3.28. The fourth-order valence-electron chi connectivity index (χ4n) is 2.86. The summed E-state index contributed by atoms with van der Waals surface area (Å²) in [4.78, 5) is 0. The van der Waals surface area contributed by atoms with Gasteiger partial charge in [-0.05, 0) is 25.7 Å². The van der Waals surface area contributed by atoms with E-state index in [9.17, 15) is 8.42 Å². The normalized spacial score (nSPS) is 32.2. The fourth-order valence-corrected chi connectivity index (χ4v) is 4.55. The van der Waals surface area contributed by atoms with Crippen LogP contribution in [-0.2, 0) is 10.2 Å². The van der Waals surface area contributed by atoms with E-state index in [2.05, 4.69) is 0 Å². The minimum Gasteiger partial charge on any atom is -0.326 e. The number of hydrogen-bond acceptors (Lipinski definition) is 3. The van der Waals surface area contributed by atoms with E-state index >= 15 is 0 Å². The number of nitrogens with two attached hydrogens (primary N) is 1. The van der Waals surface area contributed by atoms with Crippen molar-refractivity contribution in [2.45, 2.75) is 50.6 Å². The molecule has 2 fully saturated rings. The maximum Gasteiger partial charge on any atom is 0.282 e. The minimum absolute atomic E-state index is 0.00821. The fraction of sp³-hybridized carbons (Fsp3) is 1.00. The van der Waals surface area contributed by atoms with E-state index in [-0.39, 0.29) is 12.1 Å². The molecule has 2 atom stereocenters. The monoisotopic (exact) mass is 261 g/mol. The summed E-state index contributed by atoms with van der Waals surface area (Å²) >= 11 is 0. The van der Waals surface area contributed by atoms with E-state index in [4.69, 9.17) is 5.73 Å². The van der Waals surface area contributed by atoms with Crippen LogP contribution in [0.4, 0.5) is 0 Å². The standard InChI is InChI=1S/C11H23N3O2S/c1-13(11-7-3-2-6-10(11)12)17(15,16)14-8-4-5-9-14/h10-11H,2-9,12H2,1H3. The third-order valence-electron chi connectivity index (χ3n) is 4.00. The molecule has 17 heavy (non-hydrogen) atoms. The summed E-state index contributed by atoms with van der Waals surface area (Å²) < 4.78 is 27.9. The summed E-state index contributed by atoms with van der Waals surface area (Å²) in [6.45, 7) is 1.32. The highest BCUT2D eigenvalue weighted by Crippen LogP contribution is 2.25. The van der Waals surface area contributed by atoms with E-state index in [1.54, 1.807) is 11.4 Å². The van der Waals surface area contributed by atoms with Gasteiger partial charge in [0.05, 0.1) is 0 Å². The molecule has 1 aliphatic heterocycles. The molecule has 0 amide bonds. The lowest BCUT2D eigenvalue weighted by Crippen LogP contribution is -2.53. The first kappa shape index (κ1) is 13.3. The van der Waals surface area contributed by atoms with Gasteiger partial charge >= 0.3 is 0 Å². The van der Waals surface area contributed by atoms with Gasteiger partial charge in [-0.3, -0.25) is 0 Å². The van der Waals surface area contributed by atoms with Gasteiger partial charge in [0.2, 0.25) is 0 Å². The molecule has 0 aromatic carbocycles. The second-order valence-corrected chi connectivity index (χ2v) is 7.13. The van der Waals surface area contributed by atoms with E-state index < -0.39 is 10.2 Å². The molecule has 0 spiro atoms. The van der Waals surface area contributed by atoms with Crippen LogP contribution in [0.25, 0.3) is 0 Å². The van der Waals surface area contributed by atoms with Gasteiger partial charge in [0.1, 0.15) is 0 Å². The average molecular weight is 261 g/mol. The highest BCUT2D eigenvalue weighted by Gasteiger charge is 2.36. The SMILES string of the molecule is CN(C1CCCCC1N)S(=O)(=O)N1CCCC1. The summed E-state index contributed by atoms with van der Waals surface area (Å²) in [7, 11) is -1.60. The molecule has 6 heteroatoms. The lowest BCUT2D eigenvalue weighted by molar-refractivity contribution is 0.240. The smallest absolute Gasteiger partial charge is 0.282 e. The Morgan fingerprint density at radius 2 is 1.71 bits per heavy atom. The first-order valence-corrected chi connectivity index (χ1v) is 7.92. The van der Waals surface area contributed by atoms with Crippen LogP contribution in [0.1, 0.15) is 38.5 Å². The topological polar surface area (TPSA) is 66.6 Å². The predicted octanol–water partition coefficient (Wildman–Crippen LogP) is 0.529. The maximum absolute atomic E-state index is 12.4. The molecule has 0 bridgehead atoms. The molecule has 2 aliphatic rings. The number of nitrogens with zero attached hydrogens (tertiary/aromatic N) is 2. The third kappa shape index (κ3) is 2.65. The number of hydrogen-bond donors (Lipinski definition) is 1. The van der Waals surface area contributed by atoms with Gasteiger partial charge in [-0.15, -0.1) is 0 Å². The van der Waals surface area contributed by atoms with Crippen LogP contribution in [0, 0.1) is 0 Å². The van der Waals surface area contributed by atoms with Crippen molar-refractivity contribution < 1.29 is 8.42 Å². The van der Waals surface area contributed by atoms with Gasteiger partial charge in [-0.1, -0.05) is 12.8 Å². The third-order valence-corrected chi connectivity index (χ3v) is 6.02. The number of likely N-dealkylation sites (N-methyl/N-ethyl adjacent to an activating group) is 1. The van der Waals surface area contributed by atoms with Crippen LogP contribution >= 0.6 is 0 Å². The van der Waals surface area contributed by atoms with Crippen molar-refractivity contribution >= 4 is 10.2 Å². The van der Waals surface area contributed by atoms with Crippen molar-refractivity contribution in [2.75, 3.05) is 20.1 Å². The molecular weight excluding hydrogens is 238 g/mol. The zero-order valence-corrected chi connectivity index (χ0v) is 11.3. The Balaban J connectivity index is 2.09. The van der Waals surface area contributed by atoms with E-state index in [0.29, 0.717) is 13.1 Å². The van der Waals surface area contributed by atoms with E-state index in [1.807, 2.05) is 0 Å². The molecule has 0 aromatic heterocycles. The summed E-state index contributed by atoms with van der Waals surface area (Å²) in [5, 5.41) is 0. The molecule has 2 N–H and O–H groups in total. The van der Waals surface area contributed by atoms with Gasteiger partial charge in [-0.2, -0.15) is 17.0 Å². The lowest BCUT2D eigenvalue weighted by atomic mass is 9.91. The van der Waals surface area contributed by atoms with Crippen LogP contribution in [0.2, 0.25) is 0 Å². The Hall–Kier alpha value is -0.170. The van der Waals surface area contributed by atoms with Gasteiger partial charge in [-0.25, -0.2) is 0 Å². The van der Waals surface area contributed by atoms with Gasteiger partial charge < -0.3 is 5.73 Å². The quantitative estimate of drug-likeness (QED) is 0.806. The number of rotatable bonds is 3. The highest BCUT2D eigenvalue weighted by molar-refractivity contribution is 7.86. The van der Waals surface area contributed by atoms with Crippen LogP contribution in [0.3, 0.4) is 0 Å².